The van der Waals surface area contributed by atoms with E-state index in [0.717, 1.165) is 12.0 Å². The van der Waals surface area contributed by atoms with Gasteiger partial charge in [0, 0.05) is 12.1 Å². The molecule has 2 unspecified atom stereocenters. The molecule has 0 aromatic rings. The number of nitrogens with one attached hydrogen (secondary N) is 1. The van der Waals surface area contributed by atoms with Gasteiger partial charge in [-0.3, -0.25) is 0 Å². The van der Waals surface area contributed by atoms with Crippen molar-refractivity contribution < 1.29 is 0 Å². The van der Waals surface area contributed by atoms with E-state index in [-0.39, 0.29) is 0 Å². The lowest BCUT2D eigenvalue weighted by atomic mass is 10.4. The zero-order chi connectivity index (χ0) is 6.15. The zero-order valence-electron chi connectivity index (χ0n) is 5.94. The van der Waals surface area contributed by atoms with Crippen LogP contribution in [-0.2, 0) is 0 Å². The van der Waals surface area contributed by atoms with Crippen molar-refractivity contribution in [2.75, 3.05) is 0 Å². The molecule has 2 atom stereocenters. The molecular weight excluding hydrogens is 98.1 g/mol. The summed E-state index contributed by atoms with van der Waals surface area (Å²) in [6.07, 6.45) is 1.39. The Hall–Kier alpha value is -0.0400. The van der Waals surface area contributed by atoms with Gasteiger partial charge in [-0.2, -0.15) is 0 Å². The fourth-order valence-electron chi connectivity index (χ4n) is 0.982. The maximum atomic E-state index is 3.47. The maximum Gasteiger partial charge on any atom is 0.00987 e. The lowest BCUT2D eigenvalue weighted by molar-refractivity contribution is 0.565. The molecule has 0 heterocycles. The van der Waals surface area contributed by atoms with Crippen LogP contribution in [0.4, 0.5) is 0 Å². The quantitative estimate of drug-likeness (QED) is 0.570. The lowest BCUT2D eigenvalue weighted by Crippen LogP contribution is -2.25. The first-order valence-electron chi connectivity index (χ1n) is 3.46. The van der Waals surface area contributed by atoms with Crippen LogP contribution in [0.3, 0.4) is 0 Å². The Bertz CT molecular complexity index is 78.5. The largest absolute Gasteiger partial charge is 0.312 e. The first kappa shape index (κ1) is 6.09. The molecule has 1 aliphatic rings. The van der Waals surface area contributed by atoms with Gasteiger partial charge in [0.25, 0.3) is 0 Å². The Labute approximate surface area is 51.5 Å². The van der Waals surface area contributed by atoms with Crippen molar-refractivity contribution in [3.05, 3.63) is 0 Å². The van der Waals surface area contributed by atoms with E-state index in [1.54, 1.807) is 0 Å². The van der Waals surface area contributed by atoms with Crippen molar-refractivity contribution in [3.8, 4) is 0 Å². The van der Waals surface area contributed by atoms with Crippen LogP contribution in [0.15, 0.2) is 0 Å². The Morgan fingerprint density at radius 3 is 2.12 bits per heavy atom. The van der Waals surface area contributed by atoms with Gasteiger partial charge in [0.1, 0.15) is 0 Å². The van der Waals surface area contributed by atoms with Crippen LogP contribution in [0.5, 0.6) is 0 Å². The lowest BCUT2D eigenvalue weighted by Gasteiger charge is -2.04. The molecule has 48 valence electrons. The van der Waals surface area contributed by atoms with Gasteiger partial charge in [-0.25, -0.2) is 0 Å². The highest BCUT2D eigenvalue weighted by Crippen LogP contribution is 2.29. The average molecular weight is 113 g/mol. The van der Waals surface area contributed by atoms with E-state index < -0.39 is 0 Å². The summed E-state index contributed by atoms with van der Waals surface area (Å²) < 4.78 is 0. The summed E-state index contributed by atoms with van der Waals surface area (Å²) in [5.41, 5.74) is 0. The Morgan fingerprint density at radius 1 is 1.50 bits per heavy atom. The third kappa shape index (κ3) is 1.48. The van der Waals surface area contributed by atoms with E-state index in [2.05, 4.69) is 26.1 Å². The highest BCUT2D eigenvalue weighted by molar-refractivity contribution is 4.90. The van der Waals surface area contributed by atoms with E-state index in [9.17, 15) is 0 Å². The van der Waals surface area contributed by atoms with Crippen LogP contribution in [0, 0.1) is 5.92 Å². The fraction of sp³-hybridized carbons (Fsp3) is 1.00. The Morgan fingerprint density at radius 2 is 2.00 bits per heavy atom. The van der Waals surface area contributed by atoms with Gasteiger partial charge in [0.05, 0.1) is 0 Å². The molecule has 0 aromatic heterocycles. The molecule has 0 radical (unpaired) electrons. The summed E-state index contributed by atoms with van der Waals surface area (Å²) in [6.45, 7) is 6.69. The molecule has 0 bridgehead atoms. The summed E-state index contributed by atoms with van der Waals surface area (Å²) in [5.74, 6) is 0.942. The van der Waals surface area contributed by atoms with Crippen molar-refractivity contribution in [2.24, 2.45) is 5.92 Å². The molecule has 1 heteroatoms. The molecule has 0 amide bonds. The van der Waals surface area contributed by atoms with Gasteiger partial charge in [-0.05, 0) is 12.3 Å². The molecule has 8 heavy (non-hydrogen) atoms. The number of hydrogen-bond donors (Lipinski definition) is 1. The van der Waals surface area contributed by atoms with Crippen LogP contribution < -0.4 is 5.32 Å². The zero-order valence-corrected chi connectivity index (χ0v) is 5.94. The molecule has 1 N–H and O–H groups in total. The Kier molecular flexibility index (Phi) is 1.57. The molecule has 1 saturated carbocycles. The summed E-state index contributed by atoms with van der Waals surface area (Å²) in [6, 6.07) is 1.51. The van der Waals surface area contributed by atoms with Gasteiger partial charge in [-0.1, -0.05) is 20.8 Å². The van der Waals surface area contributed by atoms with E-state index in [0.29, 0.717) is 6.04 Å². The normalized spacial score (nSPS) is 36.0. The SMILES string of the molecule is CC(C)NC1CC1C. The highest BCUT2D eigenvalue weighted by atomic mass is 15.0. The molecule has 0 spiro atoms. The predicted octanol–water partition coefficient (Wildman–Crippen LogP) is 1.39. The third-order valence-electron chi connectivity index (χ3n) is 1.66. The molecule has 0 saturated heterocycles. The third-order valence-corrected chi connectivity index (χ3v) is 1.66. The van der Waals surface area contributed by atoms with E-state index in [1.165, 1.54) is 6.42 Å². The van der Waals surface area contributed by atoms with Gasteiger partial charge < -0.3 is 5.32 Å². The molecule has 1 fully saturated rings. The smallest absolute Gasteiger partial charge is 0.00987 e. The number of hydrogen-bond acceptors (Lipinski definition) is 1. The van der Waals surface area contributed by atoms with Gasteiger partial charge in [-0.15, -0.1) is 0 Å². The van der Waals surface area contributed by atoms with Crippen LogP contribution in [0.2, 0.25) is 0 Å². The molecule has 1 nitrogen and oxygen atoms in total. The summed E-state index contributed by atoms with van der Waals surface area (Å²) in [7, 11) is 0. The van der Waals surface area contributed by atoms with Crippen molar-refractivity contribution in [3.63, 3.8) is 0 Å². The van der Waals surface area contributed by atoms with Crippen LogP contribution in [0.1, 0.15) is 27.2 Å². The van der Waals surface area contributed by atoms with Crippen molar-refractivity contribution in [2.45, 2.75) is 39.3 Å². The number of rotatable bonds is 2. The van der Waals surface area contributed by atoms with Crippen LogP contribution >= 0.6 is 0 Å². The molecular formula is C7H15N. The second-order valence-corrected chi connectivity index (χ2v) is 3.14. The minimum absolute atomic E-state index is 0.671. The second-order valence-electron chi connectivity index (χ2n) is 3.14. The first-order valence-corrected chi connectivity index (χ1v) is 3.46. The summed E-state index contributed by atoms with van der Waals surface area (Å²) in [5, 5.41) is 3.47. The van der Waals surface area contributed by atoms with Crippen molar-refractivity contribution in [1.29, 1.82) is 0 Å². The predicted molar refractivity (Wildman–Crippen MR) is 35.8 cm³/mol. The van der Waals surface area contributed by atoms with Crippen molar-refractivity contribution >= 4 is 0 Å². The van der Waals surface area contributed by atoms with E-state index in [4.69, 9.17) is 0 Å². The minimum Gasteiger partial charge on any atom is -0.312 e. The van der Waals surface area contributed by atoms with Gasteiger partial charge in [0.2, 0.25) is 0 Å². The second kappa shape index (κ2) is 2.06. The molecule has 0 aromatic carbocycles. The average Bonchev–Trinajstić information content (AvgIpc) is 2.17. The van der Waals surface area contributed by atoms with Crippen molar-refractivity contribution in [1.82, 2.24) is 5.32 Å². The van der Waals surface area contributed by atoms with Crippen LogP contribution in [0.25, 0.3) is 0 Å². The van der Waals surface area contributed by atoms with E-state index in [1.807, 2.05) is 0 Å². The van der Waals surface area contributed by atoms with E-state index >= 15 is 0 Å². The minimum atomic E-state index is 0.671. The Balaban J connectivity index is 2.05. The molecule has 0 aliphatic heterocycles. The topological polar surface area (TPSA) is 12.0 Å². The summed E-state index contributed by atoms with van der Waals surface area (Å²) >= 11 is 0. The molecule has 1 rings (SSSR count). The standard InChI is InChI=1S/C7H15N/c1-5(2)8-7-4-6(7)3/h5-8H,4H2,1-3H3. The first-order chi connectivity index (χ1) is 3.70. The maximum absolute atomic E-state index is 3.47. The monoisotopic (exact) mass is 113 g/mol. The molecule has 1 aliphatic carbocycles. The van der Waals surface area contributed by atoms with Gasteiger partial charge >= 0.3 is 0 Å². The van der Waals surface area contributed by atoms with Crippen LogP contribution in [-0.4, -0.2) is 12.1 Å². The summed E-state index contributed by atoms with van der Waals surface area (Å²) in [4.78, 5) is 0. The highest BCUT2D eigenvalue weighted by Gasteiger charge is 2.32. The van der Waals surface area contributed by atoms with Gasteiger partial charge in [0.15, 0.2) is 0 Å². The fourth-order valence-corrected chi connectivity index (χ4v) is 0.982.